The van der Waals surface area contributed by atoms with Crippen molar-refractivity contribution in [2.45, 2.75) is 25.9 Å². The first kappa shape index (κ1) is 12.2. The molecule has 1 fully saturated rings. The Hall–Kier alpha value is -1.29. The normalized spacial score (nSPS) is 19.9. The zero-order valence-corrected chi connectivity index (χ0v) is 10.5. The largest absolute Gasteiger partial charge is 0.329 e. The van der Waals surface area contributed by atoms with E-state index < -0.39 is 5.82 Å². The molecule has 0 aromatic heterocycles. The van der Waals surface area contributed by atoms with E-state index in [0.29, 0.717) is 6.54 Å². The Morgan fingerprint density at radius 2 is 2.24 bits per heavy atom. The number of carbonyl (C=O) groups is 1. The van der Waals surface area contributed by atoms with Gasteiger partial charge in [0.25, 0.3) is 0 Å². The van der Waals surface area contributed by atoms with Crippen molar-refractivity contribution >= 4 is 17.6 Å². The van der Waals surface area contributed by atoms with Gasteiger partial charge in [-0.05, 0) is 31.5 Å². The maximum absolute atomic E-state index is 13.0. The molecule has 17 heavy (non-hydrogen) atoms. The number of hydrogen-bond donors (Lipinski definition) is 1. The minimum Gasteiger partial charge on any atom is -0.329 e. The van der Waals surface area contributed by atoms with Crippen LogP contribution < -0.4 is 5.32 Å². The topological polar surface area (TPSA) is 32.3 Å². The van der Waals surface area contributed by atoms with Gasteiger partial charge in [0.1, 0.15) is 5.82 Å². The van der Waals surface area contributed by atoms with Crippen molar-refractivity contribution in [1.82, 2.24) is 10.2 Å². The third-order valence-electron chi connectivity index (χ3n) is 2.91. The first-order valence-electron chi connectivity index (χ1n) is 5.51. The molecule has 1 atom stereocenters. The van der Waals surface area contributed by atoms with Gasteiger partial charge < -0.3 is 10.2 Å². The molecular formula is C12H14ClFN2O. The molecule has 1 heterocycles. The summed E-state index contributed by atoms with van der Waals surface area (Å²) in [6.07, 6.45) is 0. The highest BCUT2D eigenvalue weighted by atomic mass is 35.5. The van der Waals surface area contributed by atoms with E-state index in [1.54, 1.807) is 17.0 Å². The summed E-state index contributed by atoms with van der Waals surface area (Å²) in [5.41, 5.74) is 0.827. The number of rotatable bonds is 2. The Bertz CT molecular complexity index is 450. The van der Waals surface area contributed by atoms with E-state index in [4.69, 9.17) is 11.6 Å². The van der Waals surface area contributed by atoms with Gasteiger partial charge in [-0.1, -0.05) is 17.7 Å². The Labute approximate surface area is 105 Å². The molecule has 1 aliphatic rings. The summed E-state index contributed by atoms with van der Waals surface area (Å²) < 4.78 is 13.0. The summed E-state index contributed by atoms with van der Waals surface area (Å²) in [5.74, 6) is -0.444. The number of amides is 2. The molecule has 2 rings (SSSR count). The minimum atomic E-state index is -0.444. The zero-order valence-electron chi connectivity index (χ0n) is 9.71. The fraction of sp³-hybridized carbons (Fsp3) is 0.417. The van der Waals surface area contributed by atoms with Crippen molar-refractivity contribution in [1.29, 1.82) is 0 Å². The Morgan fingerprint density at radius 3 is 2.76 bits per heavy atom. The molecule has 0 saturated carbocycles. The molecule has 92 valence electrons. The lowest BCUT2D eigenvalue weighted by Gasteiger charge is -2.18. The number of urea groups is 1. The lowest BCUT2D eigenvalue weighted by molar-refractivity contribution is 0.206. The maximum Gasteiger partial charge on any atom is 0.318 e. The molecule has 0 radical (unpaired) electrons. The molecule has 1 aliphatic heterocycles. The fourth-order valence-corrected chi connectivity index (χ4v) is 2.11. The smallest absolute Gasteiger partial charge is 0.318 e. The number of benzene rings is 1. The van der Waals surface area contributed by atoms with Gasteiger partial charge in [0.2, 0.25) is 0 Å². The van der Waals surface area contributed by atoms with Crippen molar-refractivity contribution in [3.63, 3.8) is 0 Å². The summed E-state index contributed by atoms with van der Waals surface area (Å²) in [6, 6.07) is 4.47. The summed E-state index contributed by atoms with van der Waals surface area (Å²) in [4.78, 5) is 13.4. The Morgan fingerprint density at radius 1 is 1.53 bits per heavy atom. The highest BCUT2D eigenvalue weighted by molar-refractivity contribution is 6.30. The van der Waals surface area contributed by atoms with E-state index in [1.807, 2.05) is 13.8 Å². The quantitative estimate of drug-likeness (QED) is 0.867. The molecule has 2 amide bonds. The SMILES string of the molecule is CC(C)N1CC(c2ccc(F)c(Cl)c2)NC1=O. The van der Waals surface area contributed by atoms with Crippen molar-refractivity contribution in [3.8, 4) is 0 Å². The number of nitrogens with one attached hydrogen (secondary N) is 1. The van der Waals surface area contributed by atoms with Crippen LogP contribution in [0.5, 0.6) is 0 Å². The molecule has 0 aliphatic carbocycles. The highest BCUT2D eigenvalue weighted by Crippen LogP contribution is 2.25. The van der Waals surface area contributed by atoms with E-state index in [0.717, 1.165) is 5.56 Å². The highest BCUT2D eigenvalue weighted by Gasteiger charge is 2.31. The van der Waals surface area contributed by atoms with Gasteiger partial charge in [0.15, 0.2) is 0 Å². The van der Waals surface area contributed by atoms with Gasteiger partial charge in [0.05, 0.1) is 11.1 Å². The molecule has 1 aromatic carbocycles. The molecule has 1 saturated heterocycles. The van der Waals surface area contributed by atoms with E-state index in [2.05, 4.69) is 5.32 Å². The second-order valence-electron chi connectivity index (χ2n) is 4.42. The van der Waals surface area contributed by atoms with Gasteiger partial charge in [-0.15, -0.1) is 0 Å². The van der Waals surface area contributed by atoms with Crippen molar-refractivity contribution < 1.29 is 9.18 Å². The van der Waals surface area contributed by atoms with Crippen LogP contribution in [0.4, 0.5) is 9.18 Å². The lowest BCUT2D eigenvalue weighted by atomic mass is 10.1. The standard InChI is InChI=1S/C12H14ClFN2O/c1-7(2)16-6-11(15-12(16)17)8-3-4-10(14)9(13)5-8/h3-5,7,11H,6H2,1-2H3,(H,15,17). The first-order valence-corrected chi connectivity index (χ1v) is 5.89. The fourth-order valence-electron chi connectivity index (χ4n) is 1.92. The van der Waals surface area contributed by atoms with Gasteiger partial charge >= 0.3 is 6.03 Å². The van der Waals surface area contributed by atoms with Gasteiger partial charge in [-0.3, -0.25) is 0 Å². The van der Waals surface area contributed by atoms with Gasteiger partial charge in [-0.25, -0.2) is 9.18 Å². The van der Waals surface area contributed by atoms with Crippen LogP contribution in [0.1, 0.15) is 25.5 Å². The van der Waals surface area contributed by atoms with E-state index >= 15 is 0 Å². The van der Waals surface area contributed by atoms with Gasteiger partial charge in [-0.2, -0.15) is 0 Å². The summed E-state index contributed by atoms with van der Waals surface area (Å²) >= 11 is 5.73. The summed E-state index contributed by atoms with van der Waals surface area (Å²) in [6.45, 7) is 4.50. The summed E-state index contributed by atoms with van der Waals surface area (Å²) in [5, 5.41) is 2.94. The average Bonchev–Trinajstić information content (AvgIpc) is 2.64. The van der Waals surface area contributed by atoms with Crippen molar-refractivity contribution in [2.75, 3.05) is 6.54 Å². The number of nitrogens with zero attached hydrogens (tertiary/aromatic N) is 1. The second-order valence-corrected chi connectivity index (χ2v) is 4.83. The molecule has 5 heteroatoms. The molecule has 1 unspecified atom stereocenters. The molecule has 1 N–H and O–H groups in total. The molecule has 0 bridgehead atoms. The molecule has 0 spiro atoms. The van der Waals surface area contributed by atoms with Crippen LogP contribution in [0.25, 0.3) is 0 Å². The number of halogens is 2. The monoisotopic (exact) mass is 256 g/mol. The predicted octanol–water partition coefficient (Wildman–Crippen LogP) is 2.95. The Balaban J connectivity index is 2.20. The van der Waals surface area contributed by atoms with Crippen molar-refractivity contribution in [2.24, 2.45) is 0 Å². The van der Waals surface area contributed by atoms with Crippen LogP contribution >= 0.6 is 11.6 Å². The lowest BCUT2D eigenvalue weighted by Crippen LogP contribution is -2.33. The number of hydrogen-bond acceptors (Lipinski definition) is 1. The van der Waals surface area contributed by atoms with Crippen LogP contribution in [-0.2, 0) is 0 Å². The van der Waals surface area contributed by atoms with Crippen LogP contribution in [0, 0.1) is 5.82 Å². The van der Waals surface area contributed by atoms with Crippen LogP contribution in [0.15, 0.2) is 18.2 Å². The third kappa shape index (κ3) is 2.36. The van der Waals surface area contributed by atoms with Crippen LogP contribution in [0.2, 0.25) is 5.02 Å². The van der Waals surface area contributed by atoms with E-state index in [1.165, 1.54) is 6.07 Å². The summed E-state index contributed by atoms with van der Waals surface area (Å²) in [7, 11) is 0. The number of carbonyl (C=O) groups excluding carboxylic acids is 1. The van der Waals surface area contributed by atoms with Crippen LogP contribution in [0.3, 0.4) is 0 Å². The van der Waals surface area contributed by atoms with E-state index in [-0.39, 0.29) is 23.1 Å². The third-order valence-corrected chi connectivity index (χ3v) is 3.20. The van der Waals surface area contributed by atoms with E-state index in [9.17, 15) is 9.18 Å². The molecule has 1 aromatic rings. The van der Waals surface area contributed by atoms with Crippen molar-refractivity contribution in [3.05, 3.63) is 34.6 Å². The first-order chi connectivity index (χ1) is 7.99. The second kappa shape index (κ2) is 4.53. The van der Waals surface area contributed by atoms with Crippen LogP contribution in [-0.4, -0.2) is 23.5 Å². The van der Waals surface area contributed by atoms with Gasteiger partial charge in [0, 0.05) is 12.6 Å². The Kier molecular flexibility index (Phi) is 3.24. The average molecular weight is 257 g/mol. The molecule has 3 nitrogen and oxygen atoms in total. The molecular weight excluding hydrogens is 243 g/mol. The predicted molar refractivity (Wildman–Crippen MR) is 64.5 cm³/mol. The minimum absolute atomic E-state index is 0.0831. The maximum atomic E-state index is 13.0. The zero-order chi connectivity index (χ0) is 12.6.